The van der Waals surface area contributed by atoms with E-state index in [1.807, 2.05) is 6.92 Å². The SMILES string of the molecule is CCNC(=O)N1CCN(C(=O)c2ccc(-n3ccnc3)c([N+](=O)[O-])c2)CC1. The number of imidazole rings is 1. The molecule has 0 radical (unpaired) electrons. The zero-order valence-electron chi connectivity index (χ0n) is 14.9. The van der Waals surface area contributed by atoms with E-state index in [2.05, 4.69) is 10.3 Å². The highest BCUT2D eigenvalue weighted by atomic mass is 16.6. The highest BCUT2D eigenvalue weighted by Gasteiger charge is 2.26. The maximum absolute atomic E-state index is 12.7. The number of rotatable bonds is 4. The Bertz CT molecular complexity index is 843. The van der Waals surface area contributed by atoms with Crippen LogP contribution in [0.15, 0.2) is 36.9 Å². The zero-order valence-corrected chi connectivity index (χ0v) is 14.9. The number of nitro benzene ring substituents is 1. The molecule has 1 aliphatic heterocycles. The number of hydrogen-bond donors (Lipinski definition) is 1. The molecular weight excluding hydrogens is 352 g/mol. The Kier molecular flexibility index (Phi) is 5.34. The van der Waals surface area contributed by atoms with E-state index in [9.17, 15) is 19.7 Å². The van der Waals surface area contributed by atoms with Gasteiger partial charge in [-0.15, -0.1) is 0 Å². The lowest BCUT2D eigenvalue weighted by Gasteiger charge is -2.34. The highest BCUT2D eigenvalue weighted by Crippen LogP contribution is 2.25. The van der Waals surface area contributed by atoms with Gasteiger partial charge in [0.05, 0.1) is 11.3 Å². The Morgan fingerprint density at radius 1 is 1.22 bits per heavy atom. The van der Waals surface area contributed by atoms with Gasteiger partial charge in [-0.05, 0) is 19.1 Å². The summed E-state index contributed by atoms with van der Waals surface area (Å²) in [5.74, 6) is -0.286. The zero-order chi connectivity index (χ0) is 19.4. The maximum Gasteiger partial charge on any atom is 0.317 e. The Morgan fingerprint density at radius 3 is 2.52 bits per heavy atom. The summed E-state index contributed by atoms with van der Waals surface area (Å²) in [6, 6.07) is 4.25. The molecule has 0 bridgehead atoms. The Hall–Kier alpha value is -3.43. The van der Waals surface area contributed by atoms with Gasteiger partial charge in [-0.3, -0.25) is 14.9 Å². The Labute approximate surface area is 155 Å². The van der Waals surface area contributed by atoms with Gasteiger partial charge in [0, 0.05) is 56.7 Å². The van der Waals surface area contributed by atoms with Gasteiger partial charge in [0.1, 0.15) is 5.69 Å². The molecule has 10 heteroatoms. The molecule has 0 aliphatic carbocycles. The first-order valence-electron chi connectivity index (χ1n) is 8.60. The minimum absolute atomic E-state index is 0.148. The van der Waals surface area contributed by atoms with E-state index in [1.54, 1.807) is 22.1 Å². The first-order valence-corrected chi connectivity index (χ1v) is 8.60. The lowest BCUT2D eigenvalue weighted by Crippen LogP contribution is -2.53. The van der Waals surface area contributed by atoms with Crippen molar-refractivity contribution in [3.8, 4) is 5.69 Å². The summed E-state index contributed by atoms with van der Waals surface area (Å²) in [5.41, 5.74) is 0.423. The van der Waals surface area contributed by atoms with Gasteiger partial charge in [-0.2, -0.15) is 0 Å². The number of benzene rings is 1. The van der Waals surface area contributed by atoms with E-state index in [0.717, 1.165) is 0 Å². The van der Waals surface area contributed by atoms with Crippen LogP contribution in [0.5, 0.6) is 0 Å². The summed E-state index contributed by atoms with van der Waals surface area (Å²) >= 11 is 0. The van der Waals surface area contributed by atoms with Crippen LogP contribution in [0.4, 0.5) is 10.5 Å². The third-order valence-corrected chi connectivity index (χ3v) is 4.38. The molecule has 3 rings (SSSR count). The molecule has 1 fully saturated rings. The summed E-state index contributed by atoms with van der Waals surface area (Å²) < 4.78 is 1.53. The predicted molar refractivity (Wildman–Crippen MR) is 96.8 cm³/mol. The van der Waals surface area contributed by atoms with E-state index in [1.165, 1.54) is 29.2 Å². The third-order valence-electron chi connectivity index (χ3n) is 4.38. The predicted octanol–water partition coefficient (Wildman–Crippen LogP) is 1.27. The molecule has 2 heterocycles. The van der Waals surface area contributed by atoms with Crippen molar-refractivity contribution in [1.29, 1.82) is 0 Å². The molecule has 0 atom stereocenters. The first-order chi connectivity index (χ1) is 13.0. The van der Waals surface area contributed by atoms with Crippen LogP contribution < -0.4 is 5.32 Å². The number of amides is 3. The largest absolute Gasteiger partial charge is 0.338 e. The third kappa shape index (κ3) is 3.89. The second-order valence-electron chi connectivity index (χ2n) is 6.05. The first kappa shape index (κ1) is 18.4. The number of carbonyl (C=O) groups excluding carboxylic acids is 2. The van der Waals surface area contributed by atoms with Crippen LogP contribution in [0, 0.1) is 10.1 Å². The molecule has 1 N–H and O–H groups in total. The fraction of sp³-hybridized carbons (Fsp3) is 0.353. The van der Waals surface area contributed by atoms with Gasteiger partial charge in [0.2, 0.25) is 0 Å². The van der Waals surface area contributed by atoms with Crippen molar-refractivity contribution < 1.29 is 14.5 Å². The van der Waals surface area contributed by atoms with Crippen LogP contribution in [-0.2, 0) is 0 Å². The molecule has 10 nitrogen and oxygen atoms in total. The van der Waals surface area contributed by atoms with Crippen molar-refractivity contribution >= 4 is 17.6 Å². The van der Waals surface area contributed by atoms with E-state index in [0.29, 0.717) is 38.4 Å². The molecular formula is C17H20N6O4. The summed E-state index contributed by atoms with van der Waals surface area (Å²) in [6.45, 7) is 4.00. The summed E-state index contributed by atoms with van der Waals surface area (Å²) in [5, 5.41) is 14.2. The van der Waals surface area contributed by atoms with Crippen molar-refractivity contribution in [3.05, 3.63) is 52.6 Å². The normalized spacial score (nSPS) is 14.1. The van der Waals surface area contributed by atoms with Crippen molar-refractivity contribution in [1.82, 2.24) is 24.7 Å². The minimum atomic E-state index is -0.515. The van der Waals surface area contributed by atoms with Crippen LogP contribution >= 0.6 is 0 Å². The fourth-order valence-corrected chi connectivity index (χ4v) is 2.98. The number of carbonyl (C=O) groups is 2. The molecule has 142 valence electrons. The molecule has 0 unspecified atom stereocenters. The topological polar surface area (TPSA) is 114 Å². The average Bonchev–Trinajstić information content (AvgIpc) is 3.22. The van der Waals surface area contributed by atoms with Crippen LogP contribution in [-0.4, -0.2) is 68.9 Å². The number of aromatic nitrogens is 2. The van der Waals surface area contributed by atoms with Crippen LogP contribution in [0.1, 0.15) is 17.3 Å². The van der Waals surface area contributed by atoms with Gasteiger partial charge in [0.25, 0.3) is 11.6 Å². The van der Waals surface area contributed by atoms with Gasteiger partial charge in [0.15, 0.2) is 0 Å². The monoisotopic (exact) mass is 372 g/mol. The lowest BCUT2D eigenvalue weighted by molar-refractivity contribution is -0.384. The minimum Gasteiger partial charge on any atom is -0.338 e. The van der Waals surface area contributed by atoms with E-state index >= 15 is 0 Å². The summed E-state index contributed by atoms with van der Waals surface area (Å²) in [7, 11) is 0. The van der Waals surface area contributed by atoms with Crippen molar-refractivity contribution in [2.45, 2.75) is 6.92 Å². The molecule has 3 amide bonds. The average molecular weight is 372 g/mol. The van der Waals surface area contributed by atoms with Gasteiger partial charge < -0.3 is 19.7 Å². The number of urea groups is 1. The molecule has 0 spiro atoms. The molecule has 1 aromatic carbocycles. The summed E-state index contributed by atoms with van der Waals surface area (Å²) in [6.07, 6.45) is 4.59. The van der Waals surface area contributed by atoms with Crippen LogP contribution in [0.25, 0.3) is 5.69 Å². The Balaban J connectivity index is 1.75. The number of nitrogens with zero attached hydrogens (tertiary/aromatic N) is 5. The van der Waals surface area contributed by atoms with Gasteiger partial charge in [-0.1, -0.05) is 0 Å². The van der Waals surface area contributed by atoms with Gasteiger partial charge in [-0.25, -0.2) is 9.78 Å². The van der Waals surface area contributed by atoms with Crippen molar-refractivity contribution in [3.63, 3.8) is 0 Å². The van der Waals surface area contributed by atoms with E-state index in [4.69, 9.17) is 0 Å². The second kappa shape index (κ2) is 7.85. The van der Waals surface area contributed by atoms with E-state index < -0.39 is 4.92 Å². The quantitative estimate of drug-likeness (QED) is 0.641. The highest BCUT2D eigenvalue weighted by molar-refractivity contribution is 5.95. The Morgan fingerprint density at radius 2 is 1.93 bits per heavy atom. The molecule has 27 heavy (non-hydrogen) atoms. The molecule has 2 aromatic rings. The number of nitrogens with one attached hydrogen (secondary N) is 1. The lowest BCUT2D eigenvalue weighted by atomic mass is 10.1. The van der Waals surface area contributed by atoms with Gasteiger partial charge >= 0.3 is 6.03 Å². The number of piperazine rings is 1. The molecule has 1 saturated heterocycles. The number of nitro groups is 1. The number of hydrogen-bond acceptors (Lipinski definition) is 5. The second-order valence-corrected chi connectivity index (χ2v) is 6.05. The van der Waals surface area contributed by atoms with E-state index in [-0.39, 0.29) is 23.2 Å². The smallest absolute Gasteiger partial charge is 0.317 e. The standard InChI is InChI=1S/C17H20N6O4/c1-2-19-17(25)21-9-7-20(8-10-21)16(24)13-3-4-14(15(11-13)23(26)27)22-6-5-18-12-22/h3-6,11-12H,2,7-10H2,1H3,(H,19,25). The van der Waals surface area contributed by atoms with Crippen LogP contribution in [0.2, 0.25) is 0 Å². The van der Waals surface area contributed by atoms with Crippen molar-refractivity contribution in [2.24, 2.45) is 0 Å². The fourth-order valence-electron chi connectivity index (χ4n) is 2.98. The van der Waals surface area contributed by atoms with Crippen LogP contribution in [0.3, 0.4) is 0 Å². The molecule has 1 aromatic heterocycles. The maximum atomic E-state index is 12.7. The summed E-state index contributed by atoms with van der Waals surface area (Å²) in [4.78, 5) is 42.7. The van der Waals surface area contributed by atoms with Crippen molar-refractivity contribution in [2.75, 3.05) is 32.7 Å². The molecule has 1 aliphatic rings. The molecule has 0 saturated carbocycles.